The molecular weight excluding hydrogens is 620 g/mol. The lowest BCUT2D eigenvalue weighted by Gasteiger charge is -2.35. The highest BCUT2D eigenvalue weighted by atomic mass is 79.9. The van der Waals surface area contributed by atoms with E-state index in [0.29, 0.717) is 30.4 Å². The molecule has 0 spiro atoms. The van der Waals surface area contributed by atoms with Crippen LogP contribution in [0.1, 0.15) is 60.2 Å². The van der Waals surface area contributed by atoms with Gasteiger partial charge in [0.25, 0.3) is 0 Å². The summed E-state index contributed by atoms with van der Waals surface area (Å²) < 4.78 is 19.8. The van der Waals surface area contributed by atoms with E-state index in [1.165, 1.54) is 0 Å². The number of halogens is 3. The van der Waals surface area contributed by atoms with E-state index in [-0.39, 0.29) is 17.0 Å². The van der Waals surface area contributed by atoms with Crippen molar-refractivity contribution in [3.8, 4) is 0 Å². The monoisotopic (exact) mass is 644 g/mol. The van der Waals surface area contributed by atoms with Crippen molar-refractivity contribution in [1.82, 2.24) is 0 Å². The first-order valence-electron chi connectivity index (χ1n) is 11.0. The summed E-state index contributed by atoms with van der Waals surface area (Å²) in [4.78, 5) is 25.9. The van der Waals surface area contributed by atoms with Crippen LogP contribution in [0, 0.1) is 0 Å². The van der Waals surface area contributed by atoms with Crippen LogP contribution in [0.3, 0.4) is 0 Å². The summed E-state index contributed by atoms with van der Waals surface area (Å²) in [6.45, 7) is 4.06. The van der Waals surface area contributed by atoms with Crippen molar-refractivity contribution >= 4 is 59.7 Å². The van der Waals surface area contributed by atoms with Gasteiger partial charge in [-0.15, -0.1) is 0 Å². The highest BCUT2D eigenvalue weighted by molar-refractivity contribution is 9.10. The number of carbonyl (C=O) groups excluding carboxylic acids is 2. The second-order valence-corrected chi connectivity index (χ2v) is 11.1. The molecule has 1 heterocycles. The maximum absolute atomic E-state index is 12.9. The summed E-state index contributed by atoms with van der Waals surface area (Å²) in [5, 5.41) is 0. The van der Waals surface area contributed by atoms with Crippen molar-refractivity contribution in [3.05, 3.63) is 68.6 Å². The number of esters is 2. The van der Waals surface area contributed by atoms with Gasteiger partial charge >= 0.3 is 11.9 Å². The lowest BCUT2D eigenvalue weighted by atomic mass is 9.96. The second-order valence-electron chi connectivity index (χ2n) is 8.12. The van der Waals surface area contributed by atoms with Crippen molar-refractivity contribution in [1.29, 1.82) is 0 Å². The van der Waals surface area contributed by atoms with E-state index in [2.05, 4.69) is 54.7 Å². The Kier molecular flexibility index (Phi) is 9.97. The zero-order valence-corrected chi connectivity index (χ0v) is 23.3. The van der Waals surface area contributed by atoms with Crippen molar-refractivity contribution in [2.45, 2.75) is 68.8 Å². The van der Waals surface area contributed by atoms with Gasteiger partial charge in [0, 0.05) is 20.2 Å². The molecule has 2 aromatic carbocycles. The Bertz CT molecular complexity index is 932. The van der Waals surface area contributed by atoms with Crippen molar-refractivity contribution in [2.75, 3.05) is 0 Å². The quantitative estimate of drug-likeness (QED) is 0.248. The molecule has 0 amide bonds. The van der Waals surface area contributed by atoms with Crippen LogP contribution in [0.5, 0.6) is 0 Å². The molecule has 1 fully saturated rings. The van der Waals surface area contributed by atoms with Crippen LogP contribution in [-0.4, -0.2) is 41.2 Å². The van der Waals surface area contributed by atoms with E-state index < -0.39 is 24.1 Å². The maximum atomic E-state index is 12.9. The lowest BCUT2D eigenvalue weighted by Crippen LogP contribution is -2.42. The third-order valence-electron chi connectivity index (χ3n) is 5.59. The fraction of sp³-hybridized carbons (Fsp3) is 0.440. The third kappa shape index (κ3) is 7.64. The number of rotatable bonds is 6. The minimum atomic E-state index is -0.619. The van der Waals surface area contributed by atoms with Gasteiger partial charge in [-0.1, -0.05) is 54.7 Å². The molecule has 33 heavy (non-hydrogen) atoms. The van der Waals surface area contributed by atoms with Gasteiger partial charge in [0.1, 0.15) is 12.2 Å². The molecule has 8 heteroatoms. The van der Waals surface area contributed by atoms with Crippen LogP contribution < -0.4 is 0 Å². The number of carbonyl (C=O) groups is 2. The Labute approximate surface area is 219 Å². The van der Waals surface area contributed by atoms with E-state index in [1.54, 1.807) is 48.5 Å². The number of hydrogen-bond donors (Lipinski definition) is 0. The average Bonchev–Trinajstić information content (AvgIpc) is 2.79. The van der Waals surface area contributed by atoms with Crippen LogP contribution in [0.4, 0.5) is 0 Å². The predicted octanol–water partition coefficient (Wildman–Crippen LogP) is 7.09. The highest BCUT2D eigenvalue weighted by Gasteiger charge is 2.36. The lowest BCUT2D eigenvalue weighted by molar-refractivity contribution is -0.0954. The molecule has 1 aliphatic rings. The van der Waals surface area contributed by atoms with E-state index in [1.807, 2.05) is 6.92 Å². The predicted molar refractivity (Wildman–Crippen MR) is 138 cm³/mol. The van der Waals surface area contributed by atoms with Gasteiger partial charge in [-0.05, 0) is 74.7 Å². The Morgan fingerprint density at radius 3 is 1.88 bits per heavy atom. The molecule has 0 aromatic heterocycles. The molecule has 1 saturated heterocycles. The van der Waals surface area contributed by atoms with Crippen LogP contribution in [0.15, 0.2) is 57.5 Å². The first kappa shape index (κ1) is 26.4. The molecule has 178 valence electrons. The molecule has 0 saturated carbocycles. The maximum Gasteiger partial charge on any atom is 0.338 e. The fourth-order valence-electron chi connectivity index (χ4n) is 3.79. The summed E-state index contributed by atoms with van der Waals surface area (Å²) in [7, 11) is 0. The standard InChI is InChI=1S/C25H27Br3O5/c1-3-20(28)21-12-13-22(32-24(29)16-4-8-18(26)9-5-16)23(14-15(2)31-21)33-25(30)17-6-10-19(27)11-7-17/h4-11,15,20-23H,3,12-14H2,1-2H3/t15-,20+,21-,22+,23-/m0/s1. The topological polar surface area (TPSA) is 61.8 Å². The van der Waals surface area contributed by atoms with Crippen LogP contribution in [0.25, 0.3) is 0 Å². The molecule has 1 aliphatic heterocycles. The Morgan fingerprint density at radius 1 is 0.909 bits per heavy atom. The zero-order valence-electron chi connectivity index (χ0n) is 18.5. The molecule has 2 aromatic rings. The number of hydrogen-bond acceptors (Lipinski definition) is 5. The third-order valence-corrected chi connectivity index (χ3v) is 7.89. The molecular formula is C25H27Br3O5. The highest BCUT2D eigenvalue weighted by Crippen LogP contribution is 2.29. The number of ether oxygens (including phenoxy) is 3. The average molecular weight is 647 g/mol. The van der Waals surface area contributed by atoms with Crippen LogP contribution in [-0.2, 0) is 14.2 Å². The minimum absolute atomic E-state index is 0.0120. The molecule has 0 bridgehead atoms. The minimum Gasteiger partial charge on any atom is -0.455 e. The molecule has 5 atom stereocenters. The largest absolute Gasteiger partial charge is 0.455 e. The smallest absolute Gasteiger partial charge is 0.338 e. The number of benzene rings is 2. The molecule has 0 aliphatic carbocycles. The van der Waals surface area contributed by atoms with Gasteiger partial charge in [0.05, 0.1) is 23.3 Å². The van der Waals surface area contributed by atoms with Gasteiger partial charge < -0.3 is 14.2 Å². The van der Waals surface area contributed by atoms with Gasteiger partial charge in [0.15, 0.2) is 0 Å². The number of alkyl halides is 1. The van der Waals surface area contributed by atoms with Gasteiger partial charge in [-0.3, -0.25) is 0 Å². The Hall–Kier alpha value is -1.22. The molecule has 0 N–H and O–H groups in total. The van der Waals surface area contributed by atoms with E-state index in [4.69, 9.17) is 14.2 Å². The van der Waals surface area contributed by atoms with Crippen LogP contribution >= 0.6 is 47.8 Å². The van der Waals surface area contributed by atoms with E-state index in [0.717, 1.165) is 15.4 Å². The molecule has 0 unspecified atom stereocenters. The Balaban J connectivity index is 1.80. The molecule has 0 radical (unpaired) electrons. The van der Waals surface area contributed by atoms with Crippen LogP contribution in [0.2, 0.25) is 0 Å². The normalized spacial score (nSPS) is 24.3. The van der Waals surface area contributed by atoms with E-state index >= 15 is 0 Å². The van der Waals surface area contributed by atoms with Gasteiger partial charge in [-0.25, -0.2) is 9.59 Å². The van der Waals surface area contributed by atoms with Crippen molar-refractivity contribution in [2.24, 2.45) is 0 Å². The van der Waals surface area contributed by atoms with Crippen molar-refractivity contribution in [3.63, 3.8) is 0 Å². The Morgan fingerprint density at radius 2 is 1.39 bits per heavy atom. The summed E-state index contributed by atoms with van der Waals surface area (Å²) in [5.41, 5.74) is 0.891. The van der Waals surface area contributed by atoms with Gasteiger partial charge in [0.2, 0.25) is 0 Å². The first-order chi connectivity index (χ1) is 15.8. The molecule has 3 rings (SSSR count). The fourth-order valence-corrected chi connectivity index (χ4v) is 4.70. The zero-order chi connectivity index (χ0) is 24.0. The van der Waals surface area contributed by atoms with E-state index in [9.17, 15) is 9.59 Å². The summed E-state index contributed by atoms with van der Waals surface area (Å²) in [5.74, 6) is -0.887. The first-order valence-corrected chi connectivity index (χ1v) is 13.5. The van der Waals surface area contributed by atoms with Crippen molar-refractivity contribution < 1.29 is 23.8 Å². The van der Waals surface area contributed by atoms with Gasteiger partial charge in [-0.2, -0.15) is 0 Å². The summed E-state index contributed by atoms with van der Waals surface area (Å²) in [6.07, 6.45) is 1.18. The summed E-state index contributed by atoms with van der Waals surface area (Å²) >= 11 is 10.5. The SMILES string of the molecule is CC[C@@H](Br)[C@@H]1CC[C@@H](OC(=O)c2ccc(Br)cc2)[C@@H](OC(=O)c2ccc(Br)cc2)C[C@H](C)O1. The summed E-state index contributed by atoms with van der Waals surface area (Å²) in [6, 6.07) is 14.0. The second kappa shape index (κ2) is 12.5. The molecule has 5 nitrogen and oxygen atoms in total.